The summed E-state index contributed by atoms with van der Waals surface area (Å²) in [6.45, 7) is 0. The van der Waals surface area contributed by atoms with E-state index in [0.717, 1.165) is 11.6 Å². The van der Waals surface area contributed by atoms with Gasteiger partial charge in [0.25, 0.3) is 5.91 Å². The second-order valence-electron chi connectivity index (χ2n) is 6.40. The molecule has 1 amide bonds. The van der Waals surface area contributed by atoms with Crippen molar-refractivity contribution in [1.29, 1.82) is 0 Å². The van der Waals surface area contributed by atoms with Crippen LogP contribution in [-0.2, 0) is 6.18 Å². The summed E-state index contributed by atoms with van der Waals surface area (Å²) in [7, 11) is 1.55. The van der Waals surface area contributed by atoms with Gasteiger partial charge in [-0.05, 0) is 48.5 Å². The summed E-state index contributed by atoms with van der Waals surface area (Å²) in [5, 5.41) is 8.33. The van der Waals surface area contributed by atoms with Crippen LogP contribution in [0.25, 0.3) is 16.3 Å². The molecule has 0 bridgehead atoms. The van der Waals surface area contributed by atoms with Gasteiger partial charge in [-0.25, -0.2) is 9.67 Å². The third-order valence-corrected chi connectivity index (χ3v) is 5.29. The van der Waals surface area contributed by atoms with Crippen LogP contribution in [0.1, 0.15) is 16.1 Å². The number of benzene rings is 2. The van der Waals surface area contributed by atoms with E-state index in [1.807, 2.05) is 0 Å². The zero-order valence-corrected chi connectivity index (χ0v) is 16.9. The third-order valence-electron chi connectivity index (χ3n) is 4.40. The fraction of sp³-hybridized carbons (Fsp3) is 0.0952. The average molecular weight is 444 g/mol. The van der Waals surface area contributed by atoms with E-state index in [1.54, 1.807) is 37.4 Å². The van der Waals surface area contributed by atoms with Crippen LogP contribution in [0.5, 0.6) is 5.75 Å². The Bertz CT molecular complexity index is 1200. The molecule has 1 N–H and O–H groups in total. The summed E-state index contributed by atoms with van der Waals surface area (Å²) in [5.41, 5.74) is -0.304. The number of aromatic nitrogens is 3. The molecule has 158 valence electrons. The van der Waals surface area contributed by atoms with Gasteiger partial charge in [0, 0.05) is 23.3 Å². The van der Waals surface area contributed by atoms with E-state index in [-0.39, 0.29) is 17.1 Å². The Kier molecular flexibility index (Phi) is 5.47. The molecule has 0 aliphatic heterocycles. The smallest absolute Gasteiger partial charge is 0.418 e. The largest absolute Gasteiger partial charge is 0.497 e. The Morgan fingerprint density at radius 3 is 2.58 bits per heavy atom. The Labute approximate surface area is 178 Å². The molecule has 0 saturated carbocycles. The fourth-order valence-electron chi connectivity index (χ4n) is 2.87. The molecule has 6 nitrogen and oxygen atoms in total. The predicted octanol–water partition coefficient (Wildman–Crippen LogP) is 5.28. The molecule has 0 spiro atoms. The molecule has 0 aliphatic carbocycles. The van der Waals surface area contributed by atoms with Crippen LogP contribution in [0, 0.1) is 0 Å². The molecule has 0 atom stereocenters. The van der Waals surface area contributed by atoms with Crippen molar-refractivity contribution in [2.45, 2.75) is 6.18 Å². The average Bonchev–Trinajstić information content (AvgIpc) is 3.46. The molecule has 4 aromatic rings. The first-order chi connectivity index (χ1) is 14.8. The lowest BCUT2D eigenvalue weighted by molar-refractivity contribution is -0.136. The van der Waals surface area contributed by atoms with Gasteiger partial charge < -0.3 is 10.1 Å². The maximum absolute atomic E-state index is 13.6. The van der Waals surface area contributed by atoms with Crippen molar-refractivity contribution in [2.24, 2.45) is 0 Å². The van der Waals surface area contributed by atoms with Crippen LogP contribution in [0.3, 0.4) is 0 Å². The number of nitrogens with zero attached hydrogens (tertiary/aromatic N) is 3. The van der Waals surface area contributed by atoms with Crippen molar-refractivity contribution >= 4 is 22.9 Å². The van der Waals surface area contributed by atoms with Gasteiger partial charge in [-0.3, -0.25) is 4.79 Å². The van der Waals surface area contributed by atoms with E-state index >= 15 is 0 Å². The molecule has 2 aromatic heterocycles. The number of carbonyl (C=O) groups is 1. The van der Waals surface area contributed by atoms with Crippen molar-refractivity contribution in [1.82, 2.24) is 14.8 Å². The number of alkyl halides is 3. The summed E-state index contributed by atoms with van der Waals surface area (Å²) in [4.78, 5) is 16.8. The molecule has 0 saturated heterocycles. The maximum Gasteiger partial charge on any atom is 0.418 e. The fourth-order valence-corrected chi connectivity index (χ4v) is 3.68. The van der Waals surface area contributed by atoms with Gasteiger partial charge in [0.2, 0.25) is 0 Å². The molecule has 0 radical (unpaired) electrons. The van der Waals surface area contributed by atoms with Gasteiger partial charge in [0.15, 0.2) is 0 Å². The third kappa shape index (κ3) is 4.43. The molecule has 0 fully saturated rings. The van der Waals surface area contributed by atoms with Crippen molar-refractivity contribution in [3.8, 4) is 22.0 Å². The lowest BCUT2D eigenvalue weighted by atomic mass is 10.1. The Hall–Kier alpha value is -3.66. The lowest BCUT2D eigenvalue weighted by Crippen LogP contribution is -2.17. The molecule has 4 rings (SSSR count). The van der Waals surface area contributed by atoms with E-state index in [9.17, 15) is 18.0 Å². The number of ether oxygens (including phenoxy) is 1. The molecule has 10 heteroatoms. The number of hydrogen-bond donors (Lipinski definition) is 1. The first-order valence-corrected chi connectivity index (χ1v) is 9.85. The van der Waals surface area contributed by atoms with E-state index in [2.05, 4.69) is 15.4 Å². The number of rotatable bonds is 5. The lowest BCUT2D eigenvalue weighted by Gasteiger charge is -2.15. The highest BCUT2D eigenvalue weighted by molar-refractivity contribution is 7.13. The summed E-state index contributed by atoms with van der Waals surface area (Å²) in [5.74, 6) is -0.0511. The van der Waals surface area contributed by atoms with Crippen molar-refractivity contribution in [3.63, 3.8) is 0 Å². The maximum atomic E-state index is 13.6. The van der Waals surface area contributed by atoms with Crippen molar-refractivity contribution in [3.05, 3.63) is 77.6 Å². The summed E-state index contributed by atoms with van der Waals surface area (Å²) >= 11 is 1.22. The highest BCUT2D eigenvalue weighted by atomic mass is 32.1. The van der Waals surface area contributed by atoms with Crippen LogP contribution < -0.4 is 10.1 Å². The SMILES string of the molecule is COc1ccc(-c2nc(C(=O)Nc3ccc(-n4cccn4)cc3C(F)(F)F)cs2)cc1. The van der Waals surface area contributed by atoms with E-state index in [1.165, 1.54) is 45.9 Å². The summed E-state index contributed by atoms with van der Waals surface area (Å²) < 4.78 is 47.2. The molecule has 2 heterocycles. The minimum absolute atomic E-state index is 0.0279. The van der Waals surface area contributed by atoms with Gasteiger partial charge in [0.05, 0.1) is 24.0 Å². The minimum atomic E-state index is -4.66. The predicted molar refractivity (Wildman–Crippen MR) is 111 cm³/mol. The first-order valence-electron chi connectivity index (χ1n) is 8.98. The number of anilines is 1. The molecular weight excluding hydrogens is 429 g/mol. The van der Waals surface area contributed by atoms with Gasteiger partial charge in [-0.15, -0.1) is 11.3 Å². The monoisotopic (exact) mass is 444 g/mol. The number of halogens is 3. The number of carbonyl (C=O) groups excluding carboxylic acids is 1. The van der Waals surface area contributed by atoms with E-state index < -0.39 is 17.6 Å². The van der Waals surface area contributed by atoms with Crippen molar-refractivity contribution in [2.75, 3.05) is 12.4 Å². The molecule has 0 aliphatic rings. The Balaban J connectivity index is 1.59. The molecule has 0 unspecified atom stereocenters. The highest BCUT2D eigenvalue weighted by Gasteiger charge is 2.34. The molecule has 31 heavy (non-hydrogen) atoms. The number of amides is 1. The van der Waals surface area contributed by atoms with Gasteiger partial charge in [-0.1, -0.05) is 0 Å². The Morgan fingerprint density at radius 1 is 1.16 bits per heavy atom. The van der Waals surface area contributed by atoms with E-state index in [0.29, 0.717) is 10.8 Å². The highest BCUT2D eigenvalue weighted by Crippen LogP contribution is 2.36. The van der Waals surface area contributed by atoms with Crippen LogP contribution in [-0.4, -0.2) is 27.8 Å². The Morgan fingerprint density at radius 2 is 1.94 bits per heavy atom. The zero-order valence-electron chi connectivity index (χ0n) is 16.1. The normalized spacial score (nSPS) is 11.4. The topological polar surface area (TPSA) is 69.0 Å². The van der Waals surface area contributed by atoms with Crippen LogP contribution in [0.4, 0.5) is 18.9 Å². The number of thiazole rings is 1. The second-order valence-corrected chi connectivity index (χ2v) is 7.26. The minimum Gasteiger partial charge on any atom is -0.497 e. The summed E-state index contributed by atoms with van der Waals surface area (Å²) in [6.07, 6.45) is -1.67. The first kappa shape index (κ1) is 20.6. The quantitative estimate of drug-likeness (QED) is 0.455. The van der Waals surface area contributed by atoms with Crippen LogP contribution in [0.15, 0.2) is 66.3 Å². The number of methoxy groups -OCH3 is 1. The van der Waals surface area contributed by atoms with Crippen LogP contribution in [0.2, 0.25) is 0 Å². The molecular formula is C21H15F3N4O2S. The number of nitrogens with one attached hydrogen (secondary N) is 1. The number of hydrogen-bond acceptors (Lipinski definition) is 5. The zero-order chi connectivity index (χ0) is 22.0. The van der Waals surface area contributed by atoms with Gasteiger partial charge in [-0.2, -0.15) is 18.3 Å². The van der Waals surface area contributed by atoms with Crippen LogP contribution >= 0.6 is 11.3 Å². The van der Waals surface area contributed by atoms with E-state index in [4.69, 9.17) is 4.74 Å². The second kappa shape index (κ2) is 8.23. The van der Waals surface area contributed by atoms with Gasteiger partial charge >= 0.3 is 6.18 Å². The van der Waals surface area contributed by atoms with Gasteiger partial charge in [0.1, 0.15) is 16.5 Å². The molecule has 2 aromatic carbocycles. The summed E-state index contributed by atoms with van der Waals surface area (Å²) in [6, 6.07) is 12.3. The standard InChI is InChI=1S/C21H15F3N4O2S/c1-30-15-6-3-13(4-7-15)20-27-18(12-31-20)19(29)26-17-8-5-14(28-10-2-9-25-28)11-16(17)21(22,23)24/h2-12H,1H3,(H,26,29). The van der Waals surface area contributed by atoms with Crippen molar-refractivity contribution < 1.29 is 22.7 Å².